The van der Waals surface area contributed by atoms with E-state index in [1.807, 2.05) is 26.0 Å². The topological polar surface area (TPSA) is 87.0 Å². The van der Waals surface area contributed by atoms with Crippen LogP contribution >= 0.6 is 12.2 Å². The molecule has 25 heavy (non-hydrogen) atoms. The number of hydrogen-bond donors (Lipinski definition) is 3. The Bertz CT molecular complexity index is 835. The van der Waals surface area contributed by atoms with Crippen molar-refractivity contribution in [1.29, 1.82) is 0 Å². The zero-order chi connectivity index (χ0) is 18.0. The number of aromatic nitrogens is 2. The lowest BCUT2D eigenvalue weighted by atomic mass is 10.1. The molecule has 0 spiro atoms. The molecule has 1 saturated heterocycles. The van der Waals surface area contributed by atoms with Crippen LogP contribution in [0.1, 0.15) is 36.0 Å². The van der Waals surface area contributed by atoms with Crippen molar-refractivity contribution < 1.29 is 0 Å². The number of H-pyrrole nitrogens is 1. The third-order valence-corrected chi connectivity index (χ3v) is 4.60. The average Bonchev–Trinajstić information content (AvgIpc) is 2.54. The second-order valence-corrected chi connectivity index (χ2v) is 6.94. The zero-order valence-electron chi connectivity index (χ0n) is 14.6. The van der Waals surface area contributed by atoms with E-state index in [1.54, 1.807) is 0 Å². The summed E-state index contributed by atoms with van der Waals surface area (Å²) in [6.45, 7) is 5.79. The van der Waals surface area contributed by atoms with Gasteiger partial charge in [0.05, 0.1) is 0 Å². The second kappa shape index (κ2) is 7.23. The first kappa shape index (κ1) is 17.4. The van der Waals surface area contributed by atoms with Crippen LogP contribution in [-0.4, -0.2) is 28.0 Å². The number of nitrogen functional groups attached to an aromatic ring is 1. The highest BCUT2D eigenvalue weighted by Crippen LogP contribution is 2.18. The molecule has 1 aromatic carbocycles. The number of benzene rings is 1. The molecule has 0 bridgehead atoms. The van der Waals surface area contributed by atoms with Gasteiger partial charge in [0.1, 0.15) is 16.4 Å². The zero-order valence-corrected chi connectivity index (χ0v) is 15.4. The van der Waals surface area contributed by atoms with Crippen LogP contribution in [0.15, 0.2) is 23.0 Å². The lowest BCUT2D eigenvalue weighted by Crippen LogP contribution is -2.34. The largest absolute Gasteiger partial charge is 0.383 e. The van der Waals surface area contributed by atoms with Crippen LogP contribution in [0.2, 0.25) is 0 Å². The van der Waals surface area contributed by atoms with Crippen LogP contribution < -0.4 is 21.5 Å². The van der Waals surface area contributed by atoms with Gasteiger partial charge in [0.2, 0.25) is 5.95 Å². The Morgan fingerprint density at radius 3 is 2.44 bits per heavy atom. The van der Waals surface area contributed by atoms with E-state index in [4.69, 9.17) is 18.0 Å². The summed E-state index contributed by atoms with van der Waals surface area (Å²) in [5, 5.41) is 3.10. The number of nitrogens with two attached hydrogens (primary N) is 1. The van der Waals surface area contributed by atoms with Gasteiger partial charge in [0.15, 0.2) is 0 Å². The molecule has 0 saturated carbocycles. The summed E-state index contributed by atoms with van der Waals surface area (Å²) in [5.41, 5.74) is 9.03. The smallest absolute Gasteiger partial charge is 0.264 e. The number of anilines is 3. The molecule has 2 heterocycles. The van der Waals surface area contributed by atoms with E-state index < -0.39 is 0 Å². The predicted molar refractivity (Wildman–Crippen MR) is 107 cm³/mol. The summed E-state index contributed by atoms with van der Waals surface area (Å²) < 4.78 is 0. The molecule has 0 radical (unpaired) electrons. The van der Waals surface area contributed by atoms with Crippen molar-refractivity contribution in [3.63, 3.8) is 0 Å². The minimum absolute atomic E-state index is 0.159. The van der Waals surface area contributed by atoms with Crippen molar-refractivity contribution in [3.05, 3.63) is 45.2 Å². The molecule has 2 aromatic rings. The van der Waals surface area contributed by atoms with Crippen LogP contribution in [0.3, 0.4) is 0 Å². The highest BCUT2D eigenvalue weighted by Gasteiger charge is 2.18. The quantitative estimate of drug-likeness (QED) is 0.732. The number of hydrogen-bond acceptors (Lipinski definition) is 5. The molecular formula is C18H23N5OS. The Hall–Kier alpha value is -2.41. The highest BCUT2D eigenvalue weighted by molar-refractivity contribution is 7.81. The van der Waals surface area contributed by atoms with Gasteiger partial charge >= 0.3 is 0 Å². The number of nitrogens with zero attached hydrogens (tertiary/aromatic N) is 2. The molecular weight excluding hydrogens is 334 g/mol. The maximum Gasteiger partial charge on any atom is 0.264 e. The fourth-order valence-corrected chi connectivity index (χ4v) is 3.51. The second-order valence-electron chi connectivity index (χ2n) is 6.53. The number of aromatic amines is 1. The fraction of sp³-hybridized carbons (Fsp3) is 0.389. The molecule has 0 atom stereocenters. The summed E-state index contributed by atoms with van der Waals surface area (Å²) in [5.74, 6) is 0.686. The van der Waals surface area contributed by atoms with E-state index >= 15 is 0 Å². The molecule has 1 aromatic heterocycles. The molecule has 7 heteroatoms. The first-order valence-electron chi connectivity index (χ1n) is 8.48. The van der Waals surface area contributed by atoms with E-state index in [0.717, 1.165) is 42.7 Å². The monoisotopic (exact) mass is 357 g/mol. The van der Waals surface area contributed by atoms with Gasteiger partial charge < -0.3 is 16.0 Å². The normalized spacial score (nSPS) is 14.4. The SMILES string of the molecule is Cc1cc(C)cc(NC(=S)c2c(N)nc(N3CCCCC3)[nH]c2=O)c1. The number of thiocarbonyl (C=S) groups is 1. The molecule has 1 aliphatic heterocycles. The molecule has 132 valence electrons. The molecule has 1 fully saturated rings. The minimum atomic E-state index is -0.310. The lowest BCUT2D eigenvalue weighted by Gasteiger charge is -2.27. The van der Waals surface area contributed by atoms with E-state index in [0.29, 0.717) is 5.95 Å². The number of aryl methyl sites for hydroxylation is 2. The minimum Gasteiger partial charge on any atom is -0.383 e. The first-order chi connectivity index (χ1) is 11.9. The average molecular weight is 357 g/mol. The summed E-state index contributed by atoms with van der Waals surface area (Å²) in [7, 11) is 0. The van der Waals surface area contributed by atoms with Crippen molar-refractivity contribution in [2.24, 2.45) is 0 Å². The lowest BCUT2D eigenvalue weighted by molar-refractivity contribution is 0.568. The third kappa shape index (κ3) is 3.99. The summed E-state index contributed by atoms with van der Waals surface area (Å²) in [6, 6.07) is 6.02. The molecule has 0 aliphatic carbocycles. The van der Waals surface area contributed by atoms with Gasteiger partial charge in [-0.25, -0.2) is 0 Å². The van der Waals surface area contributed by atoms with Gasteiger partial charge in [-0.3, -0.25) is 9.78 Å². The van der Waals surface area contributed by atoms with E-state index in [-0.39, 0.29) is 21.9 Å². The summed E-state index contributed by atoms with van der Waals surface area (Å²) in [6.07, 6.45) is 3.40. The Kier molecular flexibility index (Phi) is 5.03. The van der Waals surface area contributed by atoms with Crippen LogP contribution in [-0.2, 0) is 0 Å². The van der Waals surface area contributed by atoms with Crippen LogP contribution in [0.5, 0.6) is 0 Å². The molecule has 0 unspecified atom stereocenters. The van der Waals surface area contributed by atoms with Crippen LogP contribution in [0.25, 0.3) is 0 Å². The van der Waals surface area contributed by atoms with Crippen molar-refractivity contribution in [3.8, 4) is 0 Å². The summed E-state index contributed by atoms with van der Waals surface area (Å²) >= 11 is 5.40. The molecule has 4 N–H and O–H groups in total. The van der Waals surface area contributed by atoms with Gasteiger partial charge in [-0.1, -0.05) is 18.3 Å². The fourth-order valence-electron chi connectivity index (χ4n) is 3.19. The van der Waals surface area contributed by atoms with Crippen molar-refractivity contribution in [2.75, 3.05) is 29.0 Å². The number of piperidine rings is 1. The van der Waals surface area contributed by atoms with Crippen molar-refractivity contribution in [1.82, 2.24) is 9.97 Å². The Balaban J connectivity index is 1.86. The number of rotatable bonds is 3. The Labute approximate surface area is 152 Å². The van der Waals surface area contributed by atoms with Crippen molar-refractivity contribution >= 4 is 34.7 Å². The van der Waals surface area contributed by atoms with Crippen LogP contribution in [0, 0.1) is 13.8 Å². The van der Waals surface area contributed by atoms with Gasteiger partial charge in [-0.15, -0.1) is 0 Å². The molecule has 3 rings (SSSR count). The maximum atomic E-state index is 12.5. The summed E-state index contributed by atoms with van der Waals surface area (Å²) in [4.78, 5) is 22.1. The van der Waals surface area contributed by atoms with Crippen molar-refractivity contribution in [2.45, 2.75) is 33.1 Å². The van der Waals surface area contributed by atoms with E-state index in [1.165, 1.54) is 6.42 Å². The highest BCUT2D eigenvalue weighted by atomic mass is 32.1. The molecule has 1 aliphatic rings. The van der Waals surface area contributed by atoms with Gasteiger partial charge in [-0.05, 0) is 56.4 Å². The van der Waals surface area contributed by atoms with E-state index in [9.17, 15) is 4.79 Å². The Morgan fingerprint density at radius 1 is 1.20 bits per heavy atom. The predicted octanol–water partition coefficient (Wildman–Crippen LogP) is 2.75. The van der Waals surface area contributed by atoms with E-state index in [2.05, 4.69) is 26.3 Å². The number of nitrogens with one attached hydrogen (secondary N) is 2. The standard InChI is InChI=1S/C18H23N5OS/c1-11-8-12(2)10-13(9-11)20-17(25)14-15(19)21-18(22-16(14)24)23-6-4-3-5-7-23/h8-10H,3-7H2,1-2H3,(H,20,25)(H3,19,21,22,24). The molecule has 6 nitrogen and oxygen atoms in total. The Morgan fingerprint density at radius 2 is 1.84 bits per heavy atom. The third-order valence-electron chi connectivity index (χ3n) is 4.30. The van der Waals surface area contributed by atoms with Crippen LogP contribution in [0.4, 0.5) is 17.5 Å². The van der Waals surface area contributed by atoms with Gasteiger partial charge in [0, 0.05) is 18.8 Å². The maximum absolute atomic E-state index is 12.5. The molecule has 0 amide bonds. The van der Waals surface area contributed by atoms with Gasteiger partial charge in [0.25, 0.3) is 5.56 Å². The van der Waals surface area contributed by atoms with Gasteiger partial charge in [-0.2, -0.15) is 4.98 Å². The first-order valence-corrected chi connectivity index (χ1v) is 8.89.